The van der Waals surface area contributed by atoms with Gasteiger partial charge in [0.25, 0.3) is 5.91 Å². The Morgan fingerprint density at radius 3 is 2.84 bits per heavy atom. The number of hydrazine groups is 1. The maximum absolute atomic E-state index is 11.7. The lowest BCUT2D eigenvalue weighted by Gasteiger charge is -2.34. The second-order valence-electron chi connectivity index (χ2n) is 4.70. The molecule has 2 amide bonds. The summed E-state index contributed by atoms with van der Waals surface area (Å²) in [7, 11) is 0. The second kappa shape index (κ2) is 5.71. The number of benzene rings is 1. The second-order valence-corrected chi connectivity index (χ2v) is 4.70. The smallest absolute Gasteiger partial charge is 0.257 e. The number of amides is 2. The van der Waals surface area contributed by atoms with Gasteiger partial charge in [-0.1, -0.05) is 18.2 Å². The van der Waals surface area contributed by atoms with Crippen LogP contribution in [0.15, 0.2) is 24.3 Å². The van der Waals surface area contributed by atoms with Crippen molar-refractivity contribution in [3.05, 3.63) is 29.8 Å². The van der Waals surface area contributed by atoms with Crippen LogP contribution < -0.4 is 21.5 Å². The number of hydrogen-bond donors (Lipinski definition) is 3. The molecule has 4 N–H and O–H groups in total. The predicted octanol–water partition coefficient (Wildman–Crippen LogP) is -0.456. The summed E-state index contributed by atoms with van der Waals surface area (Å²) in [6.45, 7) is 2.14. The highest BCUT2D eigenvalue weighted by molar-refractivity contribution is 5.84. The van der Waals surface area contributed by atoms with Gasteiger partial charge in [-0.05, 0) is 18.1 Å². The minimum atomic E-state index is -0.302. The average molecular weight is 262 g/mol. The maximum atomic E-state index is 11.7. The number of rotatable bonds is 2. The SMILES string of the molecule is CC(=O)NNC(=O)CN1CC(N)Cc2ccccc21. The third-order valence-corrected chi connectivity index (χ3v) is 2.98. The quantitative estimate of drug-likeness (QED) is 0.630. The van der Waals surface area contributed by atoms with Crippen LogP contribution in [0.1, 0.15) is 12.5 Å². The van der Waals surface area contributed by atoms with Gasteiger partial charge in [0.05, 0.1) is 6.54 Å². The average Bonchev–Trinajstić information content (AvgIpc) is 2.36. The van der Waals surface area contributed by atoms with Gasteiger partial charge in [-0.2, -0.15) is 0 Å². The fourth-order valence-corrected chi connectivity index (χ4v) is 2.24. The van der Waals surface area contributed by atoms with Crippen molar-refractivity contribution in [1.82, 2.24) is 10.9 Å². The zero-order chi connectivity index (χ0) is 13.8. The lowest BCUT2D eigenvalue weighted by atomic mass is 9.98. The minimum Gasteiger partial charge on any atom is -0.360 e. The molecule has 1 heterocycles. The summed E-state index contributed by atoms with van der Waals surface area (Å²) in [5.41, 5.74) is 12.8. The highest BCUT2D eigenvalue weighted by atomic mass is 16.2. The number of carbonyl (C=O) groups excluding carboxylic acids is 2. The molecule has 1 aliphatic rings. The van der Waals surface area contributed by atoms with E-state index < -0.39 is 0 Å². The fraction of sp³-hybridized carbons (Fsp3) is 0.385. The largest absolute Gasteiger partial charge is 0.360 e. The zero-order valence-electron chi connectivity index (χ0n) is 10.8. The van der Waals surface area contributed by atoms with E-state index in [4.69, 9.17) is 5.73 Å². The number of nitrogens with zero attached hydrogens (tertiary/aromatic N) is 1. The first-order valence-corrected chi connectivity index (χ1v) is 6.20. The van der Waals surface area contributed by atoms with Gasteiger partial charge in [-0.3, -0.25) is 20.4 Å². The van der Waals surface area contributed by atoms with Gasteiger partial charge >= 0.3 is 0 Å². The Hall–Kier alpha value is -2.08. The molecule has 6 nitrogen and oxygen atoms in total. The molecule has 6 heteroatoms. The van der Waals surface area contributed by atoms with E-state index in [2.05, 4.69) is 10.9 Å². The van der Waals surface area contributed by atoms with E-state index in [0.29, 0.717) is 6.54 Å². The van der Waals surface area contributed by atoms with E-state index in [1.165, 1.54) is 6.92 Å². The highest BCUT2D eigenvalue weighted by Gasteiger charge is 2.23. The van der Waals surface area contributed by atoms with Crippen LogP contribution in [0.4, 0.5) is 5.69 Å². The van der Waals surface area contributed by atoms with Crippen LogP contribution in [0.3, 0.4) is 0 Å². The molecule has 1 unspecified atom stereocenters. The first kappa shape index (κ1) is 13.4. The van der Waals surface area contributed by atoms with Crippen molar-refractivity contribution in [1.29, 1.82) is 0 Å². The summed E-state index contributed by atoms with van der Waals surface area (Å²) in [5.74, 6) is -0.566. The number of carbonyl (C=O) groups is 2. The Morgan fingerprint density at radius 2 is 2.11 bits per heavy atom. The third-order valence-electron chi connectivity index (χ3n) is 2.98. The van der Waals surface area contributed by atoms with Gasteiger partial charge in [0.2, 0.25) is 5.91 Å². The van der Waals surface area contributed by atoms with Gasteiger partial charge in [-0.15, -0.1) is 0 Å². The summed E-state index contributed by atoms with van der Waals surface area (Å²) in [6.07, 6.45) is 0.819. The number of para-hydroxylation sites is 1. The molecule has 0 aliphatic carbocycles. The molecule has 102 valence electrons. The molecule has 1 aromatic rings. The van der Waals surface area contributed by atoms with Crippen molar-refractivity contribution in [2.45, 2.75) is 19.4 Å². The van der Waals surface area contributed by atoms with Gasteiger partial charge < -0.3 is 10.6 Å². The molecule has 0 spiro atoms. The van der Waals surface area contributed by atoms with Crippen LogP contribution in [-0.2, 0) is 16.0 Å². The van der Waals surface area contributed by atoms with Crippen LogP contribution in [-0.4, -0.2) is 30.9 Å². The fourth-order valence-electron chi connectivity index (χ4n) is 2.24. The monoisotopic (exact) mass is 262 g/mol. The maximum Gasteiger partial charge on any atom is 0.257 e. The Labute approximate surface area is 111 Å². The normalized spacial score (nSPS) is 17.6. The molecule has 2 rings (SSSR count). The Kier molecular flexibility index (Phi) is 4.01. The Morgan fingerprint density at radius 1 is 1.37 bits per heavy atom. The van der Waals surface area contributed by atoms with Crippen LogP contribution in [0.5, 0.6) is 0 Å². The van der Waals surface area contributed by atoms with E-state index in [0.717, 1.165) is 17.7 Å². The Bertz CT molecular complexity index is 489. The molecule has 0 saturated carbocycles. The third kappa shape index (κ3) is 3.45. The van der Waals surface area contributed by atoms with E-state index >= 15 is 0 Å². The molecule has 1 atom stereocenters. The number of nitrogens with two attached hydrogens (primary N) is 1. The predicted molar refractivity (Wildman–Crippen MR) is 72.3 cm³/mol. The molecule has 0 bridgehead atoms. The van der Waals surface area contributed by atoms with E-state index in [1.54, 1.807) is 0 Å². The van der Waals surface area contributed by atoms with Crippen molar-refractivity contribution >= 4 is 17.5 Å². The topological polar surface area (TPSA) is 87.5 Å². The standard InChI is InChI=1S/C13H18N4O2/c1-9(18)15-16-13(19)8-17-7-11(14)6-10-4-2-3-5-12(10)17/h2-5,11H,6-8,14H2,1H3,(H,15,18)(H,16,19). The van der Waals surface area contributed by atoms with Gasteiger partial charge in [0.15, 0.2) is 0 Å². The lowest BCUT2D eigenvalue weighted by Crippen LogP contribution is -2.50. The molecule has 0 aromatic heterocycles. The van der Waals surface area contributed by atoms with Crippen LogP contribution in [0.25, 0.3) is 0 Å². The summed E-state index contributed by atoms with van der Waals surface area (Å²) in [5, 5.41) is 0. The van der Waals surface area contributed by atoms with E-state index in [1.807, 2.05) is 29.2 Å². The molecule has 19 heavy (non-hydrogen) atoms. The van der Waals surface area contributed by atoms with Gasteiger partial charge in [0.1, 0.15) is 0 Å². The minimum absolute atomic E-state index is 0.0171. The molecule has 1 aromatic carbocycles. The summed E-state index contributed by atoms with van der Waals surface area (Å²) < 4.78 is 0. The van der Waals surface area contributed by atoms with E-state index in [9.17, 15) is 9.59 Å². The van der Waals surface area contributed by atoms with Crippen molar-refractivity contribution in [2.75, 3.05) is 18.0 Å². The van der Waals surface area contributed by atoms with Crippen molar-refractivity contribution in [3.8, 4) is 0 Å². The van der Waals surface area contributed by atoms with Crippen LogP contribution in [0.2, 0.25) is 0 Å². The van der Waals surface area contributed by atoms with Gasteiger partial charge in [-0.25, -0.2) is 0 Å². The van der Waals surface area contributed by atoms with Crippen LogP contribution >= 0.6 is 0 Å². The number of hydrogen-bond acceptors (Lipinski definition) is 4. The number of nitrogens with one attached hydrogen (secondary N) is 2. The summed E-state index contributed by atoms with van der Waals surface area (Å²) in [4.78, 5) is 24.4. The molecular formula is C13H18N4O2. The first-order valence-electron chi connectivity index (χ1n) is 6.20. The number of fused-ring (bicyclic) bond motifs is 1. The van der Waals surface area contributed by atoms with Crippen LogP contribution in [0, 0.1) is 0 Å². The molecule has 0 radical (unpaired) electrons. The molecule has 0 saturated heterocycles. The Balaban J connectivity index is 2.04. The van der Waals surface area contributed by atoms with Crippen molar-refractivity contribution in [3.63, 3.8) is 0 Å². The summed E-state index contributed by atoms with van der Waals surface area (Å²) >= 11 is 0. The molecule has 0 fully saturated rings. The lowest BCUT2D eigenvalue weighted by molar-refractivity contribution is -0.127. The van der Waals surface area contributed by atoms with Gasteiger partial charge in [0, 0.05) is 25.2 Å². The van der Waals surface area contributed by atoms with E-state index in [-0.39, 0.29) is 24.4 Å². The number of anilines is 1. The van der Waals surface area contributed by atoms with Crippen molar-refractivity contribution in [2.24, 2.45) is 5.73 Å². The molecule has 1 aliphatic heterocycles. The van der Waals surface area contributed by atoms with Crippen molar-refractivity contribution < 1.29 is 9.59 Å². The highest BCUT2D eigenvalue weighted by Crippen LogP contribution is 2.25. The summed E-state index contributed by atoms with van der Waals surface area (Å²) in [6, 6.07) is 7.92. The zero-order valence-corrected chi connectivity index (χ0v) is 10.8. The molecular weight excluding hydrogens is 244 g/mol. The first-order chi connectivity index (χ1) is 9.06.